The number of anilines is 2. The molecule has 0 aromatic carbocycles. The molecule has 9 heteroatoms. The van der Waals surface area contributed by atoms with E-state index in [0.717, 1.165) is 54.9 Å². The van der Waals surface area contributed by atoms with Gasteiger partial charge in [-0.25, -0.2) is 23.7 Å². The molecule has 1 atom stereocenters. The Bertz CT molecular complexity index is 1190. The minimum Gasteiger partial charge on any atom is -0.367 e. The Morgan fingerprint density at radius 1 is 1.09 bits per heavy atom. The maximum absolute atomic E-state index is 13.9. The van der Waals surface area contributed by atoms with Gasteiger partial charge in [-0.3, -0.25) is 4.98 Å². The molecule has 3 fully saturated rings. The number of hydrogen-bond acceptors (Lipinski definition) is 7. The summed E-state index contributed by atoms with van der Waals surface area (Å²) in [6.45, 7) is 3.61. The van der Waals surface area contributed by atoms with Gasteiger partial charge in [0.25, 0.3) is 0 Å². The maximum atomic E-state index is 13.9. The Morgan fingerprint density at radius 2 is 1.94 bits per heavy atom. The molecule has 1 unspecified atom stereocenters. The second-order valence-corrected chi connectivity index (χ2v) is 9.73. The Hall–Kier alpha value is -2.94. The van der Waals surface area contributed by atoms with Gasteiger partial charge in [0.2, 0.25) is 5.92 Å². The minimum atomic E-state index is -2.61. The van der Waals surface area contributed by atoms with Crippen molar-refractivity contribution in [2.45, 2.75) is 56.4 Å². The predicted molar refractivity (Wildman–Crippen MR) is 128 cm³/mol. The van der Waals surface area contributed by atoms with Gasteiger partial charge in [0.05, 0.1) is 11.7 Å². The van der Waals surface area contributed by atoms with Gasteiger partial charge >= 0.3 is 0 Å². The second kappa shape index (κ2) is 8.69. The lowest BCUT2D eigenvalue weighted by Gasteiger charge is -2.30. The lowest BCUT2D eigenvalue weighted by atomic mass is 9.92. The molecule has 3 aliphatic rings. The van der Waals surface area contributed by atoms with Crippen LogP contribution in [0.1, 0.15) is 50.0 Å². The molecule has 0 spiro atoms. The molecule has 7 nitrogen and oxygen atoms in total. The summed E-state index contributed by atoms with van der Waals surface area (Å²) < 4.78 is 27.7. The summed E-state index contributed by atoms with van der Waals surface area (Å²) in [5.41, 5.74) is 2.91. The van der Waals surface area contributed by atoms with Crippen molar-refractivity contribution in [1.29, 1.82) is 0 Å². The number of nitrogens with one attached hydrogen (secondary N) is 2. The summed E-state index contributed by atoms with van der Waals surface area (Å²) in [5.74, 6) is 0.0776. The normalized spacial score (nSPS) is 22.6. The van der Waals surface area contributed by atoms with Gasteiger partial charge in [-0.05, 0) is 49.3 Å². The number of rotatable bonds is 5. The fraction of sp³-hybridized carbons (Fsp3) is 0.520. The first-order chi connectivity index (χ1) is 16.6. The summed E-state index contributed by atoms with van der Waals surface area (Å²) in [6.07, 6.45) is 8.90. The van der Waals surface area contributed by atoms with Crippen LogP contribution in [0.25, 0.3) is 22.3 Å². The van der Waals surface area contributed by atoms with Crippen molar-refractivity contribution in [2.75, 3.05) is 36.4 Å². The van der Waals surface area contributed by atoms with Crippen LogP contribution in [0.3, 0.4) is 0 Å². The molecule has 0 amide bonds. The van der Waals surface area contributed by atoms with Crippen molar-refractivity contribution < 1.29 is 8.78 Å². The predicted octanol–water partition coefficient (Wildman–Crippen LogP) is 4.36. The van der Waals surface area contributed by atoms with Gasteiger partial charge in [0.15, 0.2) is 5.82 Å². The van der Waals surface area contributed by atoms with Crippen LogP contribution in [0.15, 0.2) is 30.7 Å². The Balaban J connectivity index is 1.37. The number of pyridine rings is 2. The fourth-order valence-corrected chi connectivity index (χ4v) is 5.18. The Kier molecular flexibility index (Phi) is 5.51. The maximum Gasteiger partial charge on any atom is 0.250 e. The van der Waals surface area contributed by atoms with E-state index in [4.69, 9.17) is 9.97 Å². The molecule has 2 N–H and O–H groups in total. The van der Waals surface area contributed by atoms with Gasteiger partial charge in [0.1, 0.15) is 11.6 Å². The third-order valence-electron chi connectivity index (χ3n) is 7.06. The zero-order valence-electron chi connectivity index (χ0n) is 19.1. The van der Waals surface area contributed by atoms with Crippen molar-refractivity contribution >= 4 is 22.5 Å². The first kappa shape index (κ1) is 21.6. The highest BCUT2D eigenvalue weighted by Crippen LogP contribution is 2.45. The average Bonchev–Trinajstić information content (AvgIpc) is 3.69. The minimum absolute atomic E-state index is 0.0325. The molecular formula is C25H29F2N7. The molecular weight excluding hydrogens is 436 g/mol. The number of aromatic nitrogens is 4. The summed E-state index contributed by atoms with van der Waals surface area (Å²) in [6, 6.07) is 3.46. The number of nitrogens with zero attached hydrogens (tertiary/aromatic N) is 5. The standard InChI is InChI=1S/C25H29F2N7/c26-25(27)6-1-2-18(13-25)31-21-12-17(5-7-30-21)23-32-20-15-29-14-19(16-3-4-16)22(20)24(33-23)34-10-8-28-9-11-34/h5,7,12,14-16,18,28H,1-4,6,8-11,13H2,(H,30,31). The number of piperazine rings is 1. The monoisotopic (exact) mass is 465 g/mol. The first-order valence-electron chi connectivity index (χ1n) is 12.3. The van der Waals surface area contributed by atoms with Crippen LogP contribution < -0.4 is 15.5 Å². The molecule has 0 radical (unpaired) electrons. The van der Waals surface area contributed by atoms with E-state index in [2.05, 4.69) is 25.5 Å². The van der Waals surface area contributed by atoms with Crippen molar-refractivity contribution in [3.63, 3.8) is 0 Å². The van der Waals surface area contributed by atoms with Crippen molar-refractivity contribution in [3.05, 3.63) is 36.3 Å². The van der Waals surface area contributed by atoms with E-state index in [1.807, 2.05) is 24.5 Å². The van der Waals surface area contributed by atoms with E-state index in [1.165, 1.54) is 18.4 Å². The van der Waals surface area contributed by atoms with E-state index in [9.17, 15) is 8.78 Å². The molecule has 0 bridgehead atoms. The molecule has 2 aliphatic carbocycles. The van der Waals surface area contributed by atoms with Crippen LogP contribution in [0.2, 0.25) is 0 Å². The van der Waals surface area contributed by atoms with Gasteiger partial charge in [-0.15, -0.1) is 0 Å². The van der Waals surface area contributed by atoms with E-state index in [1.54, 1.807) is 6.20 Å². The molecule has 34 heavy (non-hydrogen) atoms. The van der Waals surface area contributed by atoms with E-state index in [-0.39, 0.29) is 18.9 Å². The highest BCUT2D eigenvalue weighted by molar-refractivity contribution is 5.94. The van der Waals surface area contributed by atoms with Crippen molar-refractivity contribution in [3.8, 4) is 11.4 Å². The molecule has 178 valence electrons. The molecule has 2 saturated carbocycles. The zero-order chi connectivity index (χ0) is 23.1. The molecule has 3 aromatic rings. The second-order valence-electron chi connectivity index (χ2n) is 9.73. The third-order valence-corrected chi connectivity index (χ3v) is 7.06. The molecule has 1 saturated heterocycles. The highest BCUT2D eigenvalue weighted by atomic mass is 19.3. The van der Waals surface area contributed by atoms with Gasteiger partial charge in [-0.2, -0.15) is 0 Å². The Morgan fingerprint density at radius 3 is 2.74 bits per heavy atom. The van der Waals surface area contributed by atoms with Crippen LogP contribution in [0, 0.1) is 0 Å². The van der Waals surface area contributed by atoms with Crippen LogP contribution in [-0.4, -0.2) is 58.1 Å². The number of alkyl halides is 2. The van der Waals surface area contributed by atoms with Gasteiger partial charge < -0.3 is 15.5 Å². The smallest absolute Gasteiger partial charge is 0.250 e. The van der Waals surface area contributed by atoms with Gasteiger partial charge in [0, 0.05) is 68.4 Å². The lowest BCUT2D eigenvalue weighted by molar-refractivity contribution is -0.0373. The van der Waals surface area contributed by atoms with E-state index >= 15 is 0 Å². The number of halogens is 2. The summed E-state index contributed by atoms with van der Waals surface area (Å²) in [5, 5.41) is 7.74. The quantitative estimate of drug-likeness (QED) is 0.580. The lowest BCUT2D eigenvalue weighted by Crippen LogP contribution is -2.44. The van der Waals surface area contributed by atoms with Crippen LogP contribution in [0.5, 0.6) is 0 Å². The van der Waals surface area contributed by atoms with Crippen molar-refractivity contribution in [1.82, 2.24) is 25.3 Å². The Labute approximate surface area is 197 Å². The molecule has 6 rings (SSSR count). The molecule has 1 aliphatic heterocycles. The largest absolute Gasteiger partial charge is 0.367 e. The average molecular weight is 466 g/mol. The fourth-order valence-electron chi connectivity index (χ4n) is 5.18. The SMILES string of the molecule is FC1(F)CCCC(Nc2cc(-c3nc(N4CCNCC4)c4c(C5CC5)cncc4n3)ccn2)C1. The third kappa shape index (κ3) is 4.41. The summed E-state index contributed by atoms with van der Waals surface area (Å²) in [4.78, 5) is 21.2. The van der Waals surface area contributed by atoms with Crippen LogP contribution in [0.4, 0.5) is 20.4 Å². The van der Waals surface area contributed by atoms with Crippen LogP contribution in [-0.2, 0) is 0 Å². The van der Waals surface area contributed by atoms with Gasteiger partial charge in [-0.1, -0.05) is 0 Å². The molecule has 3 aromatic heterocycles. The van der Waals surface area contributed by atoms with Crippen molar-refractivity contribution in [2.24, 2.45) is 0 Å². The van der Waals surface area contributed by atoms with E-state index in [0.29, 0.717) is 24.0 Å². The topological polar surface area (TPSA) is 78.9 Å². The molecule has 4 heterocycles. The zero-order valence-corrected chi connectivity index (χ0v) is 19.1. The summed E-state index contributed by atoms with van der Waals surface area (Å²) in [7, 11) is 0. The first-order valence-corrected chi connectivity index (χ1v) is 12.3. The number of fused-ring (bicyclic) bond motifs is 1. The van der Waals surface area contributed by atoms with Crippen LogP contribution >= 0.6 is 0 Å². The van der Waals surface area contributed by atoms with E-state index < -0.39 is 5.92 Å². The summed E-state index contributed by atoms with van der Waals surface area (Å²) >= 11 is 0. The highest BCUT2D eigenvalue weighted by Gasteiger charge is 2.36. The number of hydrogen-bond donors (Lipinski definition) is 2.